The molecule has 0 aromatic rings. The van der Waals surface area contributed by atoms with Crippen LogP contribution in [0.3, 0.4) is 0 Å². The standard InChI is InChI=1S/C6H13NO.C5H11NO/c1-7-6-2-4-8-5-3-6;6-5-1-3-7-4-2-5/h6-7H,2-5H2,1H3;5H,1-4,6H2. The van der Waals surface area contributed by atoms with Crippen LogP contribution in [0.25, 0.3) is 0 Å². The molecule has 0 atom stereocenters. The zero-order valence-electron chi connectivity index (χ0n) is 9.71. The smallest absolute Gasteiger partial charge is 0.0480 e. The van der Waals surface area contributed by atoms with Crippen molar-refractivity contribution in [2.45, 2.75) is 37.8 Å². The second-order valence-corrected chi connectivity index (χ2v) is 4.13. The van der Waals surface area contributed by atoms with E-state index in [2.05, 4.69) is 5.32 Å². The van der Waals surface area contributed by atoms with E-state index < -0.39 is 0 Å². The van der Waals surface area contributed by atoms with Crippen molar-refractivity contribution in [1.82, 2.24) is 5.32 Å². The molecular weight excluding hydrogens is 192 g/mol. The minimum absolute atomic E-state index is 0.411. The first kappa shape index (κ1) is 12.9. The summed E-state index contributed by atoms with van der Waals surface area (Å²) in [4.78, 5) is 0. The second-order valence-electron chi connectivity index (χ2n) is 4.13. The van der Waals surface area contributed by atoms with Gasteiger partial charge in [-0.2, -0.15) is 0 Å². The number of hydrogen-bond acceptors (Lipinski definition) is 4. The molecule has 4 nitrogen and oxygen atoms in total. The Balaban J connectivity index is 0.000000151. The van der Waals surface area contributed by atoms with Crippen LogP contribution in [0.5, 0.6) is 0 Å². The summed E-state index contributed by atoms with van der Waals surface area (Å²) in [6, 6.07) is 1.12. The number of rotatable bonds is 1. The van der Waals surface area contributed by atoms with Crippen molar-refractivity contribution in [3.8, 4) is 0 Å². The predicted molar refractivity (Wildman–Crippen MR) is 60.9 cm³/mol. The SMILES string of the molecule is CNC1CCOCC1.NC1CCOCC1. The Labute approximate surface area is 92.5 Å². The molecule has 2 saturated heterocycles. The minimum atomic E-state index is 0.411. The monoisotopic (exact) mass is 216 g/mol. The van der Waals surface area contributed by atoms with E-state index in [9.17, 15) is 0 Å². The van der Waals surface area contributed by atoms with Gasteiger partial charge in [0, 0.05) is 38.5 Å². The van der Waals surface area contributed by atoms with Gasteiger partial charge in [0.25, 0.3) is 0 Å². The molecule has 0 aliphatic carbocycles. The van der Waals surface area contributed by atoms with Crippen LogP contribution in [0.2, 0.25) is 0 Å². The van der Waals surface area contributed by atoms with Crippen molar-refractivity contribution in [3.05, 3.63) is 0 Å². The van der Waals surface area contributed by atoms with Gasteiger partial charge in [-0.25, -0.2) is 0 Å². The molecule has 0 saturated carbocycles. The third-order valence-electron chi connectivity index (χ3n) is 2.90. The zero-order chi connectivity index (χ0) is 10.9. The van der Waals surface area contributed by atoms with Gasteiger partial charge in [-0.15, -0.1) is 0 Å². The van der Waals surface area contributed by atoms with Gasteiger partial charge in [-0.3, -0.25) is 0 Å². The lowest BCUT2D eigenvalue weighted by molar-refractivity contribution is 0.0799. The molecule has 0 spiro atoms. The summed E-state index contributed by atoms with van der Waals surface area (Å²) in [5.74, 6) is 0. The molecule has 4 heteroatoms. The summed E-state index contributed by atoms with van der Waals surface area (Å²) < 4.78 is 10.2. The van der Waals surface area contributed by atoms with Crippen LogP contribution in [0, 0.1) is 0 Å². The molecule has 0 aromatic carbocycles. The lowest BCUT2D eigenvalue weighted by Crippen LogP contribution is -2.31. The number of ether oxygens (including phenoxy) is 2. The van der Waals surface area contributed by atoms with E-state index >= 15 is 0 Å². The molecule has 2 rings (SSSR count). The van der Waals surface area contributed by atoms with Crippen molar-refractivity contribution >= 4 is 0 Å². The Bertz CT molecular complexity index is 144. The van der Waals surface area contributed by atoms with Crippen LogP contribution in [0.4, 0.5) is 0 Å². The summed E-state index contributed by atoms with van der Waals surface area (Å²) >= 11 is 0. The third kappa shape index (κ3) is 6.10. The molecular formula is C11H24N2O2. The summed E-state index contributed by atoms with van der Waals surface area (Å²) in [7, 11) is 2.01. The number of hydrogen-bond donors (Lipinski definition) is 2. The van der Waals surface area contributed by atoms with Crippen LogP contribution in [-0.2, 0) is 9.47 Å². The fraction of sp³-hybridized carbons (Fsp3) is 1.00. The maximum Gasteiger partial charge on any atom is 0.0480 e. The van der Waals surface area contributed by atoms with E-state index in [1.807, 2.05) is 7.05 Å². The first-order chi connectivity index (χ1) is 7.33. The Hall–Kier alpha value is -0.160. The predicted octanol–water partition coefficient (Wildman–Crippen LogP) is 0.509. The highest BCUT2D eigenvalue weighted by Gasteiger charge is 2.09. The molecule has 0 amide bonds. The van der Waals surface area contributed by atoms with Crippen LogP contribution in [0.15, 0.2) is 0 Å². The van der Waals surface area contributed by atoms with Gasteiger partial charge in [0.15, 0.2) is 0 Å². The van der Waals surface area contributed by atoms with Crippen LogP contribution in [0.1, 0.15) is 25.7 Å². The maximum atomic E-state index is 5.55. The van der Waals surface area contributed by atoms with E-state index in [1.54, 1.807) is 0 Å². The Morgan fingerprint density at radius 1 is 0.933 bits per heavy atom. The molecule has 2 aliphatic rings. The topological polar surface area (TPSA) is 56.5 Å². The summed E-state index contributed by atoms with van der Waals surface area (Å²) in [6.07, 6.45) is 4.44. The molecule has 0 bridgehead atoms. The Morgan fingerprint density at radius 3 is 1.67 bits per heavy atom. The van der Waals surface area contributed by atoms with Crippen LogP contribution < -0.4 is 11.1 Å². The molecule has 2 aliphatic heterocycles. The van der Waals surface area contributed by atoms with Gasteiger partial charge >= 0.3 is 0 Å². The van der Waals surface area contributed by atoms with E-state index in [4.69, 9.17) is 15.2 Å². The minimum Gasteiger partial charge on any atom is -0.381 e. The Morgan fingerprint density at radius 2 is 1.40 bits per heavy atom. The highest BCUT2D eigenvalue weighted by Crippen LogP contribution is 2.04. The highest BCUT2D eigenvalue weighted by atomic mass is 16.5. The number of nitrogens with one attached hydrogen (secondary N) is 1. The fourth-order valence-corrected chi connectivity index (χ4v) is 1.70. The fourth-order valence-electron chi connectivity index (χ4n) is 1.70. The molecule has 0 aromatic heterocycles. The van der Waals surface area contributed by atoms with Gasteiger partial charge in [0.2, 0.25) is 0 Å². The second kappa shape index (κ2) is 8.05. The Kier molecular flexibility index (Phi) is 6.92. The normalized spacial score (nSPS) is 24.4. The average Bonchev–Trinajstić information content (AvgIpc) is 2.32. The van der Waals surface area contributed by atoms with Crippen molar-refractivity contribution < 1.29 is 9.47 Å². The maximum absolute atomic E-state index is 5.55. The van der Waals surface area contributed by atoms with Gasteiger partial charge in [0.05, 0.1) is 0 Å². The van der Waals surface area contributed by atoms with E-state index in [0.29, 0.717) is 12.1 Å². The first-order valence-corrected chi connectivity index (χ1v) is 5.91. The highest BCUT2D eigenvalue weighted by molar-refractivity contribution is 4.66. The molecule has 15 heavy (non-hydrogen) atoms. The van der Waals surface area contributed by atoms with E-state index in [-0.39, 0.29) is 0 Å². The molecule has 0 radical (unpaired) electrons. The van der Waals surface area contributed by atoms with Gasteiger partial charge < -0.3 is 20.5 Å². The molecule has 3 N–H and O–H groups in total. The van der Waals surface area contributed by atoms with Crippen molar-refractivity contribution in [2.75, 3.05) is 33.5 Å². The van der Waals surface area contributed by atoms with Gasteiger partial charge in [-0.1, -0.05) is 0 Å². The molecule has 0 unspecified atom stereocenters. The molecule has 90 valence electrons. The molecule has 2 fully saturated rings. The van der Waals surface area contributed by atoms with E-state index in [0.717, 1.165) is 39.3 Å². The van der Waals surface area contributed by atoms with Crippen LogP contribution in [-0.4, -0.2) is 45.6 Å². The summed E-state index contributed by atoms with van der Waals surface area (Å²) in [5.41, 5.74) is 5.55. The van der Waals surface area contributed by atoms with Crippen molar-refractivity contribution in [2.24, 2.45) is 5.73 Å². The van der Waals surface area contributed by atoms with Crippen molar-refractivity contribution in [1.29, 1.82) is 0 Å². The van der Waals surface area contributed by atoms with Gasteiger partial charge in [0.1, 0.15) is 0 Å². The third-order valence-corrected chi connectivity index (χ3v) is 2.90. The lowest BCUT2D eigenvalue weighted by Gasteiger charge is -2.20. The number of nitrogens with two attached hydrogens (primary N) is 1. The van der Waals surface area contributed by atoms with Crippen molar-refractivity contribution in [3.63, 3.8) is 0 Å². The van der Waals surface area contributed by atoms with E-state index in [1.165, 1.54) is 12.8 Å². The largest absolute Gasteiger partial charge is 0.381 e. The van der Waals surface area contributed by atoms with Crippen LogP contribution >= 0.6 is 0 Å². The summed E-state index contributed by atoms with van der Waals surface area (Å²) in [6.45, 7) is 3.60. The quantitative estimate of drug-likeness (QED) is 0.670. The zero-order valence-corrected chi connectivity index (χ0v) is 9.71. The average molecular weight is 216 g/mol. The van der Waals surface area contributed by atoms with Gasteiger partial charge in [-0.05, 0) is 32.7 Å². The lowest BCUT2D eigenvalue weighted by atomic mass is 10.1. The summed E-state index contributed by atoms with van der Waals surface area (Å²) in [5, 5.41) is 3.22. The molecule has 2 heterocycles. The first-order valence-electron chi connectivity index (χ1n) is 5.91.